The van der Waals surface area contributed by atoms with Crippen molar-refractivity contribution >= 4 is 27.3 Å². The lowest BCUT2D eigenvalue weighted by Crippen LogP contribution is -2.39. The van der Waals surface area contributed by atoms with E-state index in [-0.39, 0.29) is 17.3 Å². The third-order valence-corrected chi connectivity index (χ3v) is 3.14. The first-order valence-electron chi connectivity index (χ1n) is 5.94. The van der Waals surface area contributed by atoms with Gasteiger partial charge in [-0.25, -0.2) is 12.8 Å². The Morgan fingerprint density at radius 1 is 1.35 bits per heavy atom. The maximum absolute atomic E-state index is 13.5. The molecule has 112 valence electrons. The van der Waals surface area contributed by atoms with Gasteiger partial charge in [-0.15, -0.1) is 0 Å². The van der Waals surface area contributed by atoms with E-state index in [0.29, 0.717) is 0 Å². The van der Waals surface area contributed by atoms with Gasteiger partial charge >= 0.3 is 0 Å². The normalized spacial score (nSPS) is 13.1. The first-order chi connectivity index (χ1) is 9.10. The maximum atomic E-state index is 13.5. The molecule has 20 heavy (non-hydrogen) atoms. The predicted molar refractivity (Wildman–Crippen MR) is 76.3 cm³/mol. The molecule has 0 aliphatic carbocycles. The number of carbonyl (C=O) groups is 1. The summed E-state index contributed by atoms with van der Waals surface area (Å²) in [6, 6.07) is 2.88. The van der Waals surface area contributed by atoms with E-state index in [9.17, 15) is 17.6 Å². The molecule has 0 radical (unpaired) electrons. The van der Waals surface area contributed by atoms with E-state index in [1.165, 1.54) is 12.1 Å². The predicted octanol–water partition coefficient (Wildman–Crippen LogP) is 1.12. The number of benzene rings is 1. The highest BCUT2D eigenvalue weighted by Crippen LogP contribution is 2.20. The highest BCUT2D eigenvalue weighted by molar-refractivity contribution is 7.92. The van der Waals surface area contributed by atoms with E-state index in [0.717, 1.165) is 12.3 Å². The van der Waals surface area contributed by atoms with Gasteiger partial charge in [0, 0.05) is 5.69 Å². The van der Waals surface area contributed by atoms with Gasteiger partial charge in [0.15, 0.2) is 0 Å². The van der Waals surface area contributed by atoms with Crippen molar-refractivity contribution in [3.8, 4) is 0 Å². The topological polar surface area (TPSA) is 101 Å². The molecule has 1 amide bonds. The van der Waals surface area contributed by atoms with Crippen LogP contribution < -0.4 is 15.8 Å². The summed E-state index contributed by atoms with van der Waals surface area (Å²) >= 11 is 0. The minimum atomic E-state index is -3.60. The van der Waals surface area contributed by atoms with Crippen molar-refractivity contribution in [2.45, 2.75) is 19.9 Å². The second-order valence-electron chi connectivity index (χ2n) is 4.83. The highest BCUT2D eigenvalue weighted by atomic mass is 32.2. The fraction of sp³-hybridized carbons (Fsp3) is 0.417. The molecule has 0 fully saturated rings. The zero-order chi connectivity index (χ0) is 15.5. The van der Waals surface area contributed by atoms with E-state index in [2.05, 4.69) is 5.32 Å². The van der Waals surface area contributed by atoms with E-state index in [1.54, 1.807) is 13.8 Å². The van der Waals surface area contributed by atoms with Crippen LogP contribution in [0, 0.1) is 11.7 Å². The molecule has 0 saturated carbocycles. The fourth-order valence-corrected chi connectivity index (χ4v) is 1.97. The smallest absolute Gasteiger partial charge is 0.241 e. The Morgan fingerprint density at radius 2 is 1.95 bits per heavy atom. The number of amides is 1. The fourth-order valence-electron chi connectivity index (χ4n) is 1.41. The molecule has 8 heteroatoms. The van der Waals surface area contributed by atoms with Crippen LogP contribution in [0.25, 0.3) is 0 Å². The summed E-state index contributed by atoms with van der Waals surface area (Å²) in [5.74, 6) is -1.21. The van der Waals surface area contributed by atoms with Gasteiger partial charge in [0.2, 0.25) is 15.9 Å². The summed E-state index contributed by atoms with van der Waals surface area (Å²) in [6.45, 7) is 3.59. The number of sulfonamides is 1. The molecule has 4 N–H and O–H groups in total. The molecule has 0 aliphatic rings. The van der Waals surface area contributed by atoms with Crippen molar-refractivity contribution in [1.82, 2.24) is 0 Å². The largest absolute Gasteiger partial charge is 0.325 e. The zero-order valence-electron chi connectivity index (χ0n) is 11.5. The second kappa shape index (κ2) is 6.19. The number of carbonyl (C=O) groups excluding carboxylic acids is 1. The third kappa shape index (κ3) is 4.78. The summed E-state index contributed by atoms with van der Waals surface area (Å²) in [5, 5.41) is 2.51. The van der Waals surface area contributed by atoms with Crippen LogP contribution in [-0.4, -0.2) is 26.6 Å². The number of hydrogen-bond acceptors (Lipinski definition) is 4. The summed E-state index contributed by atoms with van der Waals surface area (Å²) in [6.07, 6.45) is 0.909. The maximum Gasteiger partial charge on any atom is 0.241 e. The minimum absolute atomic E-state index is 0.0518. The van der Waals surface area contributed by atoms with Crippen LogP contribution in [0.15, 0.2) is 18.2 Å². The number of nitrogens with two attached hydrogens (primary N) is 1. The van der Waals surface area contributed by atoms with Crippen molar-refractivity contribution < 1.29 is 17.6 Å². The van der Waals surface area contributed by atoms with Gasteiger partial charge in [0.1, 0.15) is 5.82 Å². The molecule has 0 heterocycles. The van der Waals surface area contributed by atoms with Crippen LogP contribution in [0.5, 0.6) is 0 Å². The van der Waals surface area contributed by atoms with Crippen LogP contribution in [0.2, 0.25) is 0 Å². The highest BCUT2D eigenvalue weighted by Gasteiger charge is 2.18. The van der Waals surface area contributed by atoms with Gasteiger partial charge in [0.05, 0.1) is 18.0 Å². The lowest BCUT2D eigenvalue weighted by Gasteiger charge is -2.16. The molecular weight excluding hydrogens is 285 g/mol. The van der Waals surface area contributed by atoms with Gasteiger partial charge in [-0.3, -0.25) is 9.52 Å². The number of anilines is 2. The molecule has 0 spiro atoms. The van der Waals surface area contributed by atoms with Crippen molar-refractivity contribution in [2.75, 3.05) is 16.3 Å². The van der Waals surface area contributed by atoms with Gasteiger partial charge in [-0.2, -0.15) is 0 Å². The number of nitrogens with one attached hydrogen (secondary N) is 2. The standard InChI is InChI=1S/C12H18FN3O3S/c1-7(2)11(14)12(17)15-8-4-5-9(13)10(6-8)16-20(3,18)19/h4-7,11,16H,14H2,1-3H3,(H,15,17). The molecule has 0 saturated heterocycles. The molecule has 0 aromatic heterocycles. The first-order valence-corrected chi connectivity index (χ1v) is 7.83. The van der Waals surface area contributed by atoms with Crippen LogP contribution in [-0.2, 0) is 14.8 Å². The van der Waals surface area contributed by atoms with E-state index in [4.69, 9.17) is 5.73 Å². The lowest BCUT2D eigenvalue weighted by molar-refractivity contribution is -0.118. The summed E-state index contributed by atoms with van der Waals surface area (Å²) in [7, 11) is -3.60. The van der Waals surface area contributed by atoms with E-state index >= 15 is 0 Å². The summed E-state index contributed by atoms with van der Waals surface area (Å²) < 4.78 is 37.7. The summed E-state index contributed by atoms with van der Waals surface area (Å²) in [4.78, 5) is 11.8. The van der Waals surface area contributed by atoms with Crippen LogP contribution >= 0.6 is 0 Å². The van der Waals surface area contributed by atoms with Crippen molar-refractivity contribution in [1.29, 1.82) is 0 Å². The Bertz CT molecular complexity index is 602. The molecule has 0 aliphatic heterocycles. The Kier molecular flexibility index (Phi) is 5.07. The molecule has 1 unspecified atom stereocenters. The SMILES string of the molecule is CC(C)C(N)C(=O)Nc1ccc(F)c(NS(C)(=O)=O)c1. The van der Waals surface area contributed by atoms with Gasteiger partial charge in [-0.05, 0) is 24.1 Å². The summed E-state index contributed by atoms with van der Waals surface area (Å²) in [5.41, 5.74) is 5.71. The second-order valence-corrected chi connectivity index (χ2v) is 6.58. The minimum Gasteiger partial charge on any atom is -0.325 e. The van der Waals surface area contributed by atoms with Crippen LogP contribution in [0.4, 0.5) is 15.8 Å². The van der Waals surface area contributed by atoms with Gasteiger partial charge in [0.25, 0.3) is 0 Å². The Hall–Kier alpha value is -1.67. The Balaban J connectivity index is 2.93. The zero-order valence-corrected chi connectivity index (χ0v) is 12.3. The molecule has 1 rings (SSSR count). The van der Waals surface area contributed by atoms with Crippen LogP contribution in [0.1, 0.15) is 13.8 Å². The van der Waals surface area contributed by atoms with Gasteiger partial charge in [-0.1, -0.05) is 13.8 Å². The third-order valence-electron chi connectivity index (χ3n) is 2.55. The quantitative estimate of drug-likeness (QED) is 0.758. The number of hydrogen-bond donors (Lipinski definition) is 3. The molecule has 0 bridgehead atoms. The molecule has 1 aromatic rings. The van der Waals surface area contributed by atoms with Crippen molar-refractivity contribution in [2.24, 2.45) is 11.7 Å². The number of rotatable bonds is 5. The molecule has 1 aromatic carbocycles. The van der Waals surface area contributed by atoms with Crippen LogP contribution in [0.3, 0.4) is 0 Å². The lowest BCUT2D eigenvalue weighted by atomic mass is 10.0. The van der Waals surface area contributed by atoms with E-state index < -0.39 is 27.8 Å². The Morgan fingerprint density at radius 3 is 2.45 bits per heavy atom. The average Bonchev–Trinajstić information content (AvgIpc) is 2.30. The van der Waals surface area contributed by atoms with Gasteiger partial charge < -0.3 is 11.1 Å². The van der Waals surface area contributed by atoms with Crippen molar-refractivity contribution in [3.05, 3.63) is 24.0 Å². The Labute approximate surface area is 117 Å². The first kappa shape index (κ1) is 16.4. The van der Waals surface area contributed by atoms with Crippen molar-refractivity contribution in [3.63, 3.8) is 0 Å². The monoisotopic (exact) mass is 303 g/mol. The van der Waals surface area contributed by atoms with E-state index in [1.807, 2.05) is 4.72 Å². The molecule has 6 nitrogen and oxygen atoms in total. The molecule has 1 atom stereocenters. The number of halogens is 1. The average molecular weight is 303 g/mol. The molecular formula is C12H18FN3O3S.